The fourth-order valence-corrected chi connectivity index (χ4v) is 4.64. The molecule has 38 heavy (non-hydrogen) atoms. The van der Waals surface area contributed by atoms with Crippen LogP contribution in [0.2, 0.25) is 0 Å². The smallest absolute Gasteiger partial charge is 0.323 e. The molecule has 0 spiro atoms. The maximum absolute atomic E-state index is 13.4. The van der Waals surface area contributed by atoms with Gasteiger partial charge in [-0.15, -0.1) is 11.3 Å². The molecule has 0 saturated carbocycles. The van der Waals surface area contributed by atoms with Gasteiger partial charge in [0.15, 0.2) is 0 Å². The molecule has 0 aliphatic heterocycles. The van der Waals surface area contributed by atoms with Gasteiger partial charge in [-0.3, -0.25) is 4.79 Å². The Morgan fingerprint density at radius 2 is 1.63 bits per heavy atom. The first kappa shape index (κ1) is 26.6. The monoisotopic (exact) mass is 534 g/mol. The van der Waals surface area contributed by atoms with Gasteiger partial charge in [0, 0.05) is 55.9 Å². The number of anilines is 3. The summed E-state index contributed by atoms with van der Waals surface area (Å²) in [6.45, 7) is 0.627. The fraction of sp³-hybridized carbons (Fsp3) is 0.214. The highest BCUT2D eigenvalue weighted by Gasteiger charge is 2.21. The lowest BCUT2D eigenvalue weighted by Crippen LogP contribution is -2.30. The molecule has 0 radical (unpaired) electrons. The van der Waals surface area contributed by atoms with Crippen LogP contribution >= 0.6 is 11.3 Å². The van der Waals surface area contributed by atoms with Crippen molar-refractivity contribution in [1.82, 2.24) is 4.90 Å². The molecule has 2 aromatic carbocycles. The maximum Gasteiger partial charge on any atom is 0.323 e. The summed E-state index contributed by atoms with van der Waals surface area (Å²) < 4.78 is 16.1. The Hall–Kier alpha value is -4.44. The van der Waals surface area contributed by atoms with E-state index in [-0.39, 0.29) is 5.91 Å². The van der Waals surface area contributed by atoms with Gasteiger partial charge in [-0.1, -0.05) is 6.07 Å². The second-order valence-electron chi connectivity index (χ2n) is 8.64. The van der Waals surface area contributed by atoms with Crippen molar-refractivity contribution in [3.05, 3.63) is 88.5 Å². The normalized spacial score (nSPS) is 10.5. The van der Waals surface area contributed by atoms with E-state index in [9.17, 15) is 9.59 Å². The molecule has 0 aliphatic carbocycles. The standard InChI is InChI=1S/C28H30N4O5S/c1-31(2)25-10-9-20(29-28(34)30-21-14-23(35-3)16-24(15-21)36-4)13-19(25)17-32(18-22-7-5-11-37-22)27(33)26-8-6-12-38-26/h5-16H,17-18H2,1-4H3,(H2,29,30,34). The van der Waals surface area contributed by atoms with Crippen LogP contribution in [-0.2, 0) is 13.1 Å². The number of nitrogens with one attached hydrogen (secondary N) is 2. The molecule has 0 unspecified atom stereocenters. The molecule has 0 saturated heterocycles. The molecule has 0 bridgehead atoms. The lowest BCUT2D eigenvalue weighted by Gasteiger charge is -2.25. The van der Waals surface area contributed by atoms with Crippen LogP contribution in [0.4, 0.5) is 21.9 Å². The van der Waals surface area contributed by atoms with Crippen LogP contribution in [0.25, 0.3) is 0 Å². The first-order valence-electron chi connectivity index (χ1n) is 11.8. The number of hydrogen-bond donors (Lipinski definition) is 2. The summed E-state index contributed by atoms with van der Waals surface area (Å²) in [6, 6.07) is 17.6. The third-order valence-electron chi connectivity index (χ3n) is 5.74. The minimum Gasteiger partial charge on any atom is -0.497 e. The van der Waals surface area contributed by atoms with Crippen molar-refractivity contribution in [2.75, 3.05) is 43.8 Å². The molecule has 2 aromatic heterocycles. The van der Waals surface area contributed by atoms with Gasteiger partial charge in [0.25, 0.3) is 5.91 Å². The van der Waals surface area contributed by atoms with Gasteiger partial charge in [-0.25, -0.2) is 4.79 Å². The Kier molecular flexibility index (Phi) is 8.55. The second kappa shape index (κ2) is 12.2. The fourth-order valence-electron chi connectivity index (χ4n) is 3.95. The summed E-state index contributed by atoms with van der Waals surface area (Å²) in [5, 5.41) is 7.56. The molecule has 2 heterocycles. The van der Waals surface area contributed by atoms with Crippen molar-refractivity contribution in [2.24, 2.45) is 0 Å². The van der Waals surface area contributed by atoms with E-state index < -0.39 is 6.03 Å². The summed E-state index contributed by atoms with van der Waals surface area (Å²) in [5.74, 6) is 1.71. The number of nitrogens with zero attached hydrogens (tertiary/aromatic N) is 2. The molecule has 4 aromatic rings. The Labute approximate surface area is 225 Å². The summed E-state index contributed by atoms with van der Waals surface area (Å²) in [7, 11) is 6.97. The number of methoxy groups -OCH3 is 2. The molecule has 198 valence electrons. The van der Waals surface area contributed by atoms with Crippen molar-refractivity contribution in [2.45, 2.75) is 13.1 Å². The van der Waals surface area contributed by atoms with Crippen molar-refractivity contribution in [3.63, 3.8) is 0 Å². The number of benzene rings is 2. The van der Waals surface area contributed by atoms with Gasteiger partial charge < -0.3 is 34.3 Å². The number of ether oxygens (including phenoxy) is 2. The van der Waals surface area contributed by atoms with Crippen molar-refractivity contribution in [3.8, 4) is 11.5 Å². The van der Waals surface area contributed by atoms with Crippen molar-refractivity contribution in [1.29, 1.82) is 0 Å². The van der Waals surface area contributed by atoms with Gasteiger partial charge in [-0.2, -0.15) is 0 Å². The Morgan fingerprint density at radius 3 is 2.24 bits per heavy atom. The van der Waals surface area contributed by atoms with E-state index in [1.54, 1.807) is 49.6 Å². The van der Waals surface area contributed by atoms with Crippen LogP contribution in [0.15, 0.2) is 76.7 Å². The number of furan rings is 1. The predicted octanol–water partition coefficient (Wildman–Crippen LogP) is 5.91. The minimum atomic E-state index is -0.425. The van der Waals surface area contributed by atoms with E-state index in [0.717, 1.165) is 11.3 Å². The number of amides is 3. The molecule has 0 atom stereocenters. The van der Waals surface area contributed by atoms with E-state index in [2.05, 4.69) is 10.6 Å². The highest BCUT2D eigenvalue weighted by atomic mass is 32.1. The third kappa shape index (κ3) is 6.65. The van der Waals surface area contributed by atoms with Gasteiger partial charge >= 0.3 is 6.03 Å². The Bertz CT molecular complexity index is 1350. The lowest BCUT2D eigenvalue weighted by molar-refractivity contribution is 0.0723. The number of carbonyl (C=O) groups excluding carboxylic acids is 2. The van der Waals surface area contributed by atoms with Gasteiger partial charge in [-0.05, 0) is 47.3 Å². The molecular formula is C28H30N4O5S. The van der Waals surface area contributed by atoms with E-state index in [1.807, 2.05) is 60.8 Å². The van der Waals surface area contributed by atoms with Gasteiger partial charge in [0.2, 0.25) is 0 Å². The zero-order valence-corrected chi connectivity index (χ0v) is 22.5. The summed E-state index contributed by atoms with van der Waals surface area (Å²) >= 11 is 1.40. The average molecular weight is 535 g/mol. The third-order valence-corrected chi connectivity index (χ3v) is 6.59. The topological polar surface area (TPSA) is 96.3 Å². The predicted molar refractivity (Wildman–Crippen MR) is 150 cm³/mol. The number of carbonyl (C=O) groups is 2. The van der Waals surface area contributed by atoms with Crippen LogP contribution in [-0.4, -0.2) is 45.2 Å². The quantitative estimate of drug-likeness (QED) is 0.263. The van der Waals surface area contributed by atoms with E-state index in [0.29, 0.717) is 46.6 Å². The zero-order valence-electron chi connectivity index (χ0n) is 21.7. The Morgan fingerprint density at radius 1 is 0.895 bits per heavy atom. The molecule has 10 heteroatoms. The maximum atomic E-state index is 13.4. The highest BCUT2D eigenvalue weighted by Crippen LogP contribution is 2.28. The van der Waals surface area contributed by atoms with Crippen LogP contribution in [0.3, 0.4) is 0 Å². The van der Waals surface area contributed by atoms with Gasteiger partial charge in [0.05, 0.1) is 31.9 Å². The largest absolute Gasteiger partial charge is 0.497 e. The molecule has 0 aliphatic rings. The molecule has 0 fully saturated rings. The average Bonchev–Trinajstić information content (AvgIpc) is 3.62. The second-order valence-corrected chi connectivity index (χ2v) is 9.58. The molecule has 9 nitrogen and oxygen atoms in total. The van der Waals surface area contributed by atoms with Crippen LogP contribution in [0.1, 0.15) is 21.0 Å². The number of rotatable bonds is 10. The molecular weight excluding hydrogens is 504 g/mol. The van der Waals surface area contributed by atoms with E-state index in [4.69, 9.17) is 13.9 Å². The van der Waals surface area contributed by atoms with Gasteiger partial charge in [0.1, 0.15) is 17.3 Å². The zero-order chi connectivity index (χ0) is 27.1. The molecule has 3 amide bonds. The molecule has 4 rings (SSSR count). The van der Waals surface area contributed by atoms with Crippen LogP contribution < -0.4 is 25.0 Å². The SMILES string of the molecule is COc1cc(NC(=O)Nc2ccc(N(C)C)c(CN(Cc3ccco3)C(=O)c3cccs3)c2)cc(OC)c1. The Balaban J connectivity index is 1.56. The summed E-state index contributed by atoms with van der Waals surface area (Å²) in [4.78, 5) is 30.5. The first-order chi connectivity index (χ1) is 18.4. The highest BCUT2D eigenvalue weighted by molar-refractivity contribution is 7.12. The molecule has 2 N–H and O–H groups in total. The number of hydrogen-bond acceptors (Lipinski definition) is 7. The van der Waals surface area contributed by atoms with Crippen LogP contribution in [0.5, 0.6) is 11.5 Å². The minimum absolute atomic E-state index is 0.0933. The van der Waals surface area contributed by atoms with Crippen molar-refractivity contribution >= 4 is 40.3 Å². The first-order valence-corrected chi connectivity index (χ1v) is 12.7. The number of urea groups is 1. The van der Waals surface area contributed by atoms with E-state index in [1.165, 1.54) is 11.3 Å². The number of thiophene rings is 1. The lowest BCUT2D eigenvalue weighted by atomic mass is 10.1. The van der Waals surface area contributed by atoms with Crippen LogP contribution in [0, 0.1) is 0 Å². The summed E-state index contributed by atoms with van der Waals surface area (Å²) in [5.41, 5.74) is 2.90. The van der Waals surface area contributed by atoms with Crippen molar-refractivity contribution < 1.29 is 23.5 Å². The summed E-state index contributed by atoms with van der Waals surface area (Å²) in [6.07, 6.45) is 1.59. The van der Waals surface area contributed by atoms with E-state index >= 15 is 0 Å².